The number of thiazole rings is 1. The molecule has 0 aliphatic heterocycles. The summed E-state index contributed by atoms with van der Waals surface area (Å²) in [4.78, 5) is 4.55. The summed E-state index contributed by atoms with van der Waals surface area (Å²) < 4.78 is 8.27. The van der Waals surface area contributed by atoms with Gasteiger partial charge in [-0.2, -0.15) is 5.10 Å². The highest BCUT2D eigenvalue weighted by molar-refractivity contribution is 7.22. The lowest BCUT2D eigenvalue weighted by atomic mass is 10.1. The van der Waals surface area contributed by atoms with E-state index in [-0.39, 0.29) is 0 Å². The van der Waals surface area contributed by atoms with Gasteiger partial charge in [0.05, 0.1) is 22.6 Å². The van der Waals surface area contributed by atoms with Crippen LogP contribution in [0.2, 0.25) is 0 Å². The number of nitrogens with one attached hydrogen (secondary N) is 1. The molecule has 0 atom stereocenters. The Balaban J connectivity index is 1.68. The summed E-state index contributed by atoms with van der Waals surface area (Å²) in [7, 11) is 1.91. The minimum absolute atomic E-state index is 0.579. The average Bonchev–Trinajstić information content (AvgIpc) is 3.06. The van der Waals surface area contributed by atoms with E-state index in [1.807, 2.05) is 24.7 Å². The van der Waals surface area contributed by atoms with Gasteiger partial charge in [0.25, 0.3) is 0 Å². The van der Waals surface area contributed by atoms with Gasteiger partial charge >= 0.3 is 0 Å². The Kier molecular flexibility index (Phi) is 3.67. The largest absolute Gasteiger partial charge is 0.359 e. The number of hydrogen-bond donors (Lipinski definition) is 1. The number of aromatic nitrogens is 4. The Bertz CT molecular complexity index is 720. The Morgan fingerprint density at radius 2 is 2.24 bits per heavy atom. The number of fused-ring (bicyclic) bond motifs is 1. The van der Waals surface area contributed by atoms with Crippen molar-refractivity contribution in [2.45, 2.75) is 33.7 Å². The fourth-order valence-electron chi connectivity index (χ4n) is 2.28. The van der Waals surface area contributed by atoms with Crippen LogP contribution in [0.4, 0.5) is 5.13 Å². The molecule has 0 aromatic carbocycles. The van der Waals surface area contributed by atoms with Crippen LogP contribution in [-0.2, 0) is 20.0 Å². The molecule has 0 aliphatic rings. The van der Waals surface area contributed by atoms with Crippen molar-refractivity contribution in [2.24, 2.45) is 13.0 Å². The first-order valence-electron chi connectivity index (χ1n) is 7.01. The van der Waals surface area contributed by atoms with Gasteiger partial charge in [-0.1, -0.05) is 30.3 Å². The number of aryl methyl sites for hydroxylation is 2. The summed E-state index contributed by atoms with van der Waals surface area (Å²) in [5.41, 5.74) is 2.93. The van der Waals surface area contributed by atoms with Gasteiger partial charge in [-0.15, -0.1) is 0 Å². The summed E-state index contributed by atoms with van der Waals surface area (Å²) in [6.45, 7) is 6.94. The second-order valence-corrected chi connectivity index (χ2v) is 6.62. The highest BCUT2D eigenvalue weighted by Crippen LogP contribution is 2.28. The van der Waals surface area contributed by atoms with Crippen LogP contribution < -0.4 is 5.32 Å². The van der Waals surface area contributed by atoms with Crippen molar-refractivity contribution in [3.8, 4) is 0 Å². The zero-order chi connectivity index (χ0) is 15.0. The molecule has 3 aromatic heterocycles. The van der Waals surface area contributed by atoms with E-state index in [0.29, 0.717) is 12.5 Å². The molecule has 0 aliphatic carbocycles. The van der Waals surface area contributed by atoms with Gasteiger partial charge < -0.3 is 9.84 Å². The quantitative estimate of drug-likeness (QED) is 0.784. The highest BCUT2D eigenvalue weighted by atomic mass is 32.1. The first-order valence-corrected chi connectivity index (χ1v) is 7.83. The van der Waals surface area contributed by atoms with E-state index in [9.17, 15) is 0 Å². The van der Waals surface area contributed by atoms with Crippen LogP contribution in [-0.4, -0.2) is 19.9 Å². The summed E-state index contributed by atoms with van der Waals surface area (Å²) in [5, 5.41) is 12.6. The molecule has 0 unspecified atom stereocenters. The topological polar surface area (TPSA) is 68.8 Å². The van der Waals surface area contributed by atoms with Gasteiger partial charge in [0.15, 0.2) is 16.5 Å². The van der Waals surface area contributed by atoms with Crippen LogP contribution >= 0.6 is 11.3 Å². The molecule has 0 radical (unpaired) electrons. The minimum Gasteiger partial charge on any atom is -0.359 e. The van der Waals surface area contributed by atoms with Crippen LogP contribution in [0.15, 0.2) is 10.6 Å². The second-order valence-electron chi connectivity index (χ2n) is 5.62. The fourth-order valence-corrected chi connectivity index (χ4v) is 3.20. The normalized spacial score (nSPS) is 11.7. The van der Waals surface area contributed by atoms with E-state index in [0.717, 1.165) is 39.0 Å². The van der Waals surface area contributed by atoms with E-state index < -0.39 is 0 Å². The molecule has 0 saturated carbocycles. The van der Waals surface area contributed by atoms with E-state index in [1.165, 1.54) is 0 Å². The fraction of sp³-hybridized carbons (Fsp3) is 0.500. The minimum atomic E-state index is 0.579. The molecule has 6 nitrogen and oxygen atoms in total. The van der Waals surface area contributed by atoms with E-state index >= 15 is 0 Å². The Labute approximate surface area is 127 Å². The Morgan fingerprint density at radius 1 is 1.43 bits per heavy atom. The van der Waals surface area contributed by atoms with Crippen molar-refractivity contribution in [3.05, 3.63) is 23.2 Å². The SMILES string of the molecule is Cc1nn(C)c2nc(NCc3cc(CC(C)C)no3)sc12. The molecule has 3 heterocycles. The molecule has 0 amide bonds. The Morgan fingerprint density at radius 3 is 2.95 bits per heavy atom. The summed E-state index contributed by atoms with van der Waals surface area (Å²) in [6, 6.07) is 2.01. The summed E-state index contributed by atoms with van der Waals surface area (Å²) >= 11 is 1.61. The second kappa shape index (κ2) is 5.48. The lowest BCUT2D eigenvalue weighted by Gasteiger charge is -1.98. The molecule has 3 rings (SSSR count). The Hall–Kier alpha value is -1.89. The third-order valence-electron chi connectivity index (χ3n) is 3.18. The lowest BCUT2D eigenvalue weighted by Crippen LogP contribution is -1.98. The molecular formula is C14H19N5OS. The van der Waals surface area contributed by atoms with Crippen LogP contribution in [0.3, 0.4) is 0 Å². The maximum Gasteiger partial charge on any atom is 0.185 e. The first kappa shape index (κ1) is 14.1. The maximum absolute atomic E-state index is 5.34. The molecule has 1 N–H and O–H groups in total. The molecule has 0 spiro atoms. The number of nitrogens with zero attached hydrogens (tertiary/aromatic N) is 4. The molecule has 0 saturated heterocycles. The highest BCUT2D eigenvalue weighted by Gasteiger charge is 2.12. The van der Waals surface area contributed by atoms with Crippen LogP contribution in [0, 0.1) is 12.8 Å². The van der Waals surface area contributed by atoms with Crippen molar-refractivity contribution in [2.75, 3.05) is 5.32 Å². The molecule has 112 valence electrons. The van der Waals surface area contributed by atoms with Crippen LogP contribution in [0.1, 0.15) is 31.0 Å². The van der Waals surface area contributed by atoms with Crippen molar-refractivity contribution in [1.29, 1.82) is 0 Å². The van der Waals surface area contributed by atoms with E-state index in [1.54, 1.807) is 11.3 Å². The van der Waals surface area contributed by atoms with Gasteiger partial charge in [-0.3, -0.25) is 0 Å². The van der Waals surface area contributed by atoms with Gasteiger partial charge in [-0.25, -0.2) is 9.67 Å². The molecular weight excluding hydrogens is 286 g/mol. The average molecular weight is 305 g/mol. The zero-order valence-corrected chi connectivity index (χ0v) is 13.5. The third-order valence-corrected chi connectivity index (χ3v) is 4.29. The third kappa shape index (κ3) is 2.92. The predicted molar refractivity (Wildman–Crippen MR) is 83.5 cm³/mol. The first-order chi connectivity index (χ1) is 10.0. The molecule has 7 heteroatoms. The van der Waals surface area contributed by atoms with Crippen molar-refractivity contribution in [1.82, 2.24) is 19.9 Å². The monoisotopic (exact) mass is 305 g/mol. The standard InChI is InChI=1S/C14H19N5OS/c1-8(2)5-10-6-11(20-18-10)7-15-14-16-13-12(21-14)9(3)17-19(13)4/h6,8H,5,7H2,1-4H3,(H,15,16). The molecule has 0 fully saturated rings. The number of anilines is 1. The molecule has 3 aromatic rings. The number of rotatable bonds is 5. The number of hydrogen-bond acceptors (Lipinski definition) is 6. The van der Waals surface area contributed by atoms with Gasteiger partial charge in [0.1, 0.15) is 0 Å². The predicted octanol–water partition coefficient (Wildman–Crippen LogP) is 3.14. The van der Waals surface area contributed by atoms with E-state index in [4.69, 9.17) is 4.52 Å². The van der Waals surface area contributed by atoms with Crippen LogP contribution in [0.25, 0.3) is 10.3 Å². The van der Waals surface area contributed by atoms with Gasteiger partial charge in [-0.05, 0) is 19.3 Å². The van der Waals surface area contributed by atoms with Crippen molar-refractivity contribution < 1.29 is 4.52 Å². The summed E-state index contributed by atoms with van der Waals surface area (Å²) in [5.74, 6) is 1.41. The summed E-state index contributed by atoms with van der Waals surface area (Å²) in [6.07, 6.45) is 0.940. The zero-order valence-electron chi connectivity index (χ0n) is 12.7. The van der Waals surface area contributed by atoms with Crippen molar-refractivity contribution >= 4 is 26.8 Å². The molecule has 0 bridgehead atoms. The van der Waals surface area contributed by atoms with E-state index in [2.05, 4.69) is 34.4 Å². The molecule has 21 heavy (non-hydrogen) atoms. The van der Waals surface area contributed by atoms with Crippen LogP contribution in [0.5, 0.6) is 0 Å². The van der Waals surface area contributed by atoms with Gasteiger partial charge in [0, 0.05) is 13.1 Å². The lowest BCUT2D eigenvalue weighted by molar-refractivity contribution is 0.378. The smallest absolute Gasteiger partial charge is 0.185 e. The van der Waals surface area contributed by atoms with Gasteiger partial charge in [0.2, 0.25) is 0 Å². The maximum atomic E-state index is 5.34. The van der Waals surface area contributed by atoms with Crippen molar-refractivity contribution in [3.63, 3.8) is 0 Å².